The Morgan fingerprint density at radius 3 is 2.55 bits per heavy atom. The van der Waals surface area contributed by atoms with Crippen LogP contribution >= 0.6 is 0 Å². The van der Waals surface area contributed by atoms with Crippen molar-refractivity contribution < 1.29 is 23.9 Å². The zero-order valence-corrected chi connectivity index (χ0v) is 17.8. The largest absolute Gasteiger partial charge is 0.462 e. The first-order valence-electron chi connectivity index (χ1n) is 10.8. The molecule has 1 aromatic carbocycles. The second-order valence-electron chi connectivity index (χ2n) is 7.91. The number of piperazine rings is 1. The fourth-order valence-electron chi connectivity index (χ4n) is 3.95. The topological polar surface area (TPSA) is 105 Å². The monoisotopic (exact) mass is 427 g/mol. The predicted octanol–water partition coefficient (Wildman–Crippen LogP) is 1.76. The molecule has 0 aromatic heterocycles. The number of rotatable bonds is 6. The molecular formula is C23H29N3O5. The van der Waals surface area contributed by atoms with Gasteiger partial charge in [0.1, 0.15) is 17.8 Å². The van der Waals surface area contributed by atoms with Crippen molar-refractivity contribution in [2.24, 2.45) is 0 Å². The maximum Gasteiger partial charge on any atom is 0.308 e. The van der Waals surface area contributed by atoms with E-state index in [1.54, 1.807) is 18.2 Å². The summed E-state index contributed by atoms with van der Waals surface area (Å²) in [4.78, 5) is 51.3. The van der Waals surface area contributed by atoms with E-state index in [-0.39, 0.29) is 31.3 Å². The number of hydrogen-bond donors (Lipinski definition) is 2. The van der Waals surface area contributed by atoms with E-state index in [1.807, 2.05) is 18.2 Å². The molecule has 166 valence electrons. The van der Waals surface area contributed by atoms with Crippen LogP contribution in [0.15, 0.2) is 36.0 Å². The van der Waals surface area contributed by atoms with Crippen LogP contribution in [0, 0.1) is 0 Å². The molecule has 1 saturated heterocycles. The molecule has 1 unspecified atom stereocenters. The molecule has 8 heteroatoms. The van der Waals surface area contributed by atoms with Gasteiger partial charge in [0.2, 0.25) is 11.8 Å². The van der Waals surface area contributed by atoms with Crippen LogP contribution in [-0.2, 0) is 23.9 Å². The molecule has 0 spiro atoms. The van der Waals surface area contributed by atoms with Gasteiger partial charge in [-0.3, -0.25) is 19.2 Å². The summed E-state index contributed by atoms with van der Waals surface area (Å²) < 4.78 is 5.55. The maximum atomic E-state index is 13.3. The minimum Gasteiger partial charge on any atom is -0.462 e. The number of carbonyl (C=O) groups is 4. The highest BCUT2D eigenvalue weighted by atomic mass is 16.5. The highest BCUT2D eigenvalue weighted by Gasteiger charge is 2.37. The van der Waals surface area contributed by atoms with Crippen LogP contribution in [0.1, 0.15) is 51.0 Å². The number of hydrogen-bond acceptors (Lipinski definition) is 5. The molecule has 3 rings (SSSR count). The van der Waals surface area contributed by atoms with Gasteiger partial charge in [-0.1, -0.05) is 36.8 Å². The third-order valence-corrected chi connectivity index (χ3v) is 5.45. The third kappa shape index (κ3) is 6.41. The SMILES string of the molecule is CC(=O)N/C(=C/c1ccccc1)C(=O)N1CCNC(=O)C1CC(=O)OC1CCCCC1. The van der Waals surface area contributed by atoms with Gasteiger partial charge in [0.25, 0.3) is 5.91 Å². The summed E-state index contributed by atoms with van der Waals surface area (Å²) in [5, 5.41) is 5.27. The quantitative estimate of drug-likeness (QED) is 0.532. The number of nitrogens with one attached hydrogen (secondary N) is 2. The van der Waals surface area contributed by atoms with Crippen LogP contribution in [0.2, 0.25) is 0 Å². The highest BCUT2D eigenvalue weighted by Crippen LogP contribution is 2.22. The van der Waals surface area contributed by atoms with E-state index in [9.17, 15) is 19.2 Å². The maximum absolute atomic E-state index is 13.3. The van der Waals surface area contributed by atoms with Crippen LogP contribution < -0.4 is 10.6 Å². The second-order valence-corrected chi connectivity index (χ2v) is 7.91. The predicted molar refractivity (Wildman–Crippen MR) is 114 cm³/mol. The second kappa shape index (κ2) is 10.7. The summed E-state index contributed by atoms with van der Waals surface area (Å²) in [6, 6.07) is 8.11. The summed E-state index contributed by atoms with van der Waals surface area (Å²) in [5.74, 6) is -1.79. The first-order chi connectivity index (χ1) is 14.9. The summed E-state index contributed by atoms with van der Waals surface area (Å²) in [5.41, 5.74) is 0.786. The number of ether oxygens (including phenoxy) is 1. The van der Waals surface area contributed by atoms with E-state index in [2.05, 4.69) is 10.6 Å². The number of amides is 3. The molecule has 1 heterocycles. The summed E-state index contributed by atoms with van der Waals surface area (Å²) in [6.45, 7) is 1.82. The van der Waals surface area contributed by atoms with Gasteiger partial charge in [-0.15, -0.1) is 0 Å². The Balaban J connectivity index is 1.76. The van der Waals surface area contributed by atoms with Crippen LogP contribution in [0.5, 0.6) is 0 Å². The lowest BCUT2D eigenvalue weighted by Crippen LogP contribution is -2.59. The highest BCUT2D eigenvalue weighted by molar-refractivity contribution is 6.03. The molecule has 0 radical (unpaired) electrons. The molecule has 1 aliphatic heterocycles. The van der Waals surface area contributed by atoms with E-state index in [0.29, 0.717) is 0 Å². The van der Waals surface area contributed by atoms with E-state index in [0.717, 1.165) is 37.7 Å². The Morgan fingerprint density at radius 1 is 1.16 bits per heavy atom. The lowest BCUT2D eigenvalue weighted by atomic mass is 9.98. The normalized spacial score (nSPS) is 20.0. The average Bonchev–Trinajstić information content (AvgIpc) is 2.75. The van der Waals surface area contributed by atoms with Crippen LogP contribution in [0.25, 0.3) is 6.08 Å². The lowest BCUT2D eigenvalue weighted by Gasteiger charge is -2.35. The van der Waals surface area contributed by atoms with Crippen molar-refractivity contribution in [3.05, 3.63) is 41.6 Å². The number of benzene rings is 1. The van der Waals surface area contributed by atoms with Gasteiger partial charge in [0.05, 0.1) is 6.42 Å². The van der Waals surface area contributed by atoms with Gasteiger partial charge in [-0.2, -0.15) is 0 Å². The first kappa shape index (κ1) is 22.5. The van der Waals surface area contributed by atoms with Gasteiger partial charge < -0.3 is 20.3 Å². The van der Waals surface area contributed by atoms with Gasteiger partial charge in [-0.25, -0.2) is 0 Å². The van der Waals surface area contributed by atoms with Crippen molar-refractivity contribution in [3.63, 3.8) is 0 Å². The minimum absolute atomic E-state index is 0.0547. The third-order valence-electron chi connectivity index (χ3n) is 5.45. The first-order valence-corrected chi connectivity index (χ1v) is 10.8. The standard InChI is InChI=1S/C23H29N3O5/c1-16(27)25-19(14-17-8-4-2-5-9-17)23(30)26-13-12-24-22(29)20(26)15-21(28)31-18-10-6-3-7-11-18/h2,4-5,8-9,14,18,20H,3,6-7,10-13,15H2,1H3,(H,24,29)(H,25,27)/b19-14+. The molecule has 2 N–H and O–H groups in total. The van der Waals surface area contributed by atoms with E-state index in [1.165, 1.54) is 11.8 Å². The molecule has 1 atom stereocenters. The van der Waals surface area contributed by atoms with Crippen LogP contribution in [0.4, 0.5) is 0 Å². The number of carbonyl (C=O) groups excluding carboxylic acids is 4. The molecule has 8 nitrogen and oxygen atoms in total. The molecule has 0 bridgehead atoms. The van der Waals surface area contributed by atoms with E-state index < -0.39 is 29.7 Å². The molecule has 2 fully saturated rings. The Hall–Kier alpha value is -3.16. The fraction of sp³-hybridized carbons (Fsp3) is 0.478. The molecule has 2 aliphatic rings. The summed E-state index contributed by atoms with van der Waals surface area (Å²) in [6.07, 6.45) is 6.08. The van der Waals surface area contributed by atoms with Crippen molar-refractivity contribution in [1.82, 2.24) is 15.5 Å². The summed E-state index contributed by atoms with van der Waals surface area (Å²) >= 11 is 0. The van der Waals surface area contributed by atoms with Crippen molar-refractivity contribution in [2.75, 3.05) is 13.1 Å². The zero-order chi connectivity index (χ0) is 22.2. The fourth-order valence-corrected chi connectivity index (χ4v) is 3.95. The Labute approximate surface area is 182 Å². The van der Waals surface area contributed by atoms with Gasteiger partial charge in [0.15, 0.2) is 0 Å². The Bertz CT molecular complexity index is 846. The smallest absolute Gasteiger partial charge is 0.308 e. The zero-order valence-electron chi connectivity index (χ0n) is 17.8. The van der Waals surface area contributed by atoms with Crippen LogP contribution in [0.3, 0.4) is 0 Å². The average molecular weight is 428 g/mol. The molecule has 31 heavy (non-hydrogen) atoms. The molecule has 3 amide bonds. The van der Waals surface area contributed by atoms with E-state index >= 15 is 0 Å². The van der Waals surface area contributed by atoms with Gasteiger partial charge >= 0.3 is 5.97 Å². The van der Waals surface area contributed by atoms with Crippen molar-refractivity contribution >= 4 is 29.8 Å². The minimum atomic E-state index is -0.981. The number of nitrogens with zero attached hydrogens (tertiary/aromatic N) is 1. The van der Waals surface area contributed by atoms with Crippen LogP contribution in [-0.4, -0.2) is 53.8 Å². The van der Waals surface area contributed by atoms with Gasteiger partial charge in [0, 0.05) is 20.0 Å². The van der Waals surface area contributed by atoms with Gasteiger partial charge in [-0.05, 0) is 37.3 Å². The Kier molecular flexibility index (Phi) is 7.81. The van der Waals surface area contributed by atoms with Crippen molar-refractivity contribution in [1.29, 1.82) is 0 Å². The molecule has 1 aromatic rings. The number of esters is 1. The van der Waals surface area contributed by atoms with Crippen molar-refractivity contribution in [3.8, 4) is 0 Å². The molecule has 1 saturated carbocycles. The summed E-state index contributed by atoms with van der Waals surface area (Å²) in [7, 11) is 0. The lowest BCUT2D eigenvalue weighted by molar-refractivity contribution is -0.156. The molecular weight excluding hydrogens is 398 g/mol. The molecule has 1 aliphatic carbocycles. The van der Waals surface area contributed by atoms with Crippen molar-refractivity contribution in [2.45, 2.75) is 57.6 Å². The van der Waals surface area contributed by atoms with E-state index in [4.69, 9.17) is 4.74 Å². The Morgan fingerprint density at radius 2 is 1.87 bits per heavy atom.